The molecule has 2 aliphatic carbocycles. The second-order valence-electron chi connectivity index (χ2n) is 9.16. The van der Waals surface area contributed by atoms with Crippen LogP contribution in [0.2, 0.25) is 0 Å². The molecule has 5 aliphatic rings. The normalized spacial score (nSPS) is 52.4. The molecule has 4 heterocycles. The summed E-state index contributed by atoms with van der Waals surface area (Å²) in [6, 6.07) is 1.98. The van der Waals surface area contributed by atoms with Crippen LogP contribution in [0.5, 0.6) is 0 Å². The first-order chi connectivity index (χ1) is 13.1. The van der Waals surface area contributed by atoms with Crippen LogP contribution < -0.4 is 0 Å². The Balaban J connectivity index is 1.47. The number of carbonyl (C=O) groups excluding carboxylic acids is 1. The summed E-state index contributed by atoms with van der Waals surface area (Å²) in [6.07, 6.45) is 7.60. The Kier molecular flexibility index (Phi) is 3.29. The first-order valence-electron chi connectivity index (χ1n) is 10.2. The van der Waals surface area contributed by atoms with E-state index in [-0.39, 0.29) is 47.5 Å². The first-order valence-corrected chi connectivity index (χ1v) is 10.2. The highest BCUT2D eigenvalue weighted by molar-refractivity contribution is 5.75. The zero-order valence-electron chi connectivity index (χ0n) is 15.8. The number of esters is 1. The van der Waals surface area contributed by atoms with Crippen LogP contribution in [0.25, 0.3) is 0 Å². The zero-order chi connectivity index (χ0) is 18.4. The molecule has 3 saturated heterocycles. The molecule has 3 aliphatic heterocycles. The minimum Gasteiger partial charge on any atom is -0.472 e. The molecule has 6 heteroatoms. The molecule has 0 radical (unpaired) electrons. The van der Waals surface area contributed by atoms with E-state index >= 15 is 0 Å². The van der Waals surface area contributed by atoms with Crippen LogP contribution in [0, 0.1) is 28.6 Å². The van der Waals surface area contributed by atoms with Crippen LogP contribution in [0.1, 0.15) is 50.7 Å². The maximum Gasteiger partial charge on any atom is 0.312 e. The lowest BCUT2D eigenvalue weighted by Gasteiger charge is -2.63. The van der Waals surface area contributed by atoms with Crippen molar-refractivity contribution in [2.24, 2.45) is 28.6 Å². The number of methoxy groups -OCH3 is 1. The minimum absolute atomic E-state index is 0.0283. The zero-order valence-corrected chi connectivity index (χ0v) is 15.8. The lowest BCUT2D eigenvalue weighted by Crippen LogP contribution is -2.66. The number of rotatable bonds is 2. The molecule has 1 aromatic rings. The molecular weight excluding hydrogens is 348 g/mol. The molecule has 2 spiro atoms. The summed E-state index contributed by atoms with van der Waals surface area (Å²) in [5.74, 6) is 0.484. The molecule has 0 amide bonds. The van der Waals surface area contributed by atoms with Crippen LogP contribution in [0.4, 0.5) is 0 Å². The van der Waals surface area contributed by atoms with Crippen LogP contribution in [0.3, 0.4) is 0 Å². The monoisotopic (exact) mass is 374 g/mol. The SMILES string of the molecule is COC(=O)[C@H]1[C@H]2CC[C@H]3[C@@]14CC[C@H](C)[C@@]31C[C@H](c3ccoc3)O[C@@H]1O[C@H]4O2. The Morgan fingerprint density at radius 2 is 2.00 bits per heavy atom. The summed E-state index contributed by atoms with van der Waals surface area (Å²) in [7, 11) is 1.49. The van der Waals surface area contributed by atoms with E-state index in [1.807, 2.05) is 6.07 Å². The van der Waals surface area contributed by atoms with E-state index in [1.165, 1.54) is 7.11 Å². The van der Waals surface area contributed by atoms with Crippen LogP contribution in [0.15, 0.2) is 23.0 Å². The van der Waals surface area contributed by atoms with Gasteiger partial charge in [0.1, 0.15) is 0 Å². The van der Waals surface area contributed by atoms with E-state index in [4.69, 9.17) is 23.4 Å². The maximum atomic E-state index is 12.8. The smallest absolute Gasteiger partial charge is 0.312 e. The summed E-state index contributed by atoms with van der Waals surface area (Å²) in [4.78, 5) is 12.8. The predicted octanol–water partition coefficient (Wildman–Crippen LogP) is 3.42. The predicted molar refractivity (Wildman–Crippen MR) is 92.2 cm³/mol. The number of furan rings is 1. The van der Waals surface area contributed by atoms with E-state index in [9.17, 15) is 4.79 Å². The van der Waals surface area contributed by atoms with Gasteiger partial charge in [0.25, 0.3) is 0 Å². The number of carbonyl (C=O) groups is 1. The van der Waals surface area contributed by atoms with E-state index in [1.54, 1.807) is 12.5 Å². The van der Waals surface area contributed by atoms with Gasteiger partial charge in [-0.25, -0.2) is 0 Å². The molecule has 27 heavy (non-hydrogen) atoms. The van der Waals surface area contributed by atoms with Crippen molar-refractivity contribution in [3.8, 4) is 0 Å². The van der Waals surface area contributed by atoms with Gasteiger partial charge in [0.2, 0.25) is 0 Å². The quantitative estimate of drug-likeness (QED) is 0.739. The van der Waals surface area contributed by atoms with Crippen molar-refractivity contribution in [1.82, 2.24) is 0 Å². The van der Waals surface area contributed by atoms with E-state index in [0.29, 0.717) is 11.8 Å². The highest BCUT2D eigenvalue weighted by Crippen LogP contribution is 2.75. The van der Waals surface area contributed by atoms with Crippen molar-refractivity contribution in [3.05, 3.63) is 24.2 Å². The average molecular weight is 374 g/mol. The van der Waals surface area contributed by atoms with Gasteiger partial charge in [0.15, 0.2) is 12.6 Å². The molecule has 9 atom stereocenters. The summed E-state index contributed by atoms with van der Waals surface area (Å²) >= 11 is 0. The fourth-order valence-electron chi connectivity index (χ4n) is 7.43. The molecule has 3 bridgehead atoms. The first kappa shape index (κ1) is 16.6. The van der Waals surface area contributed by atoms with Gasteiger partial charge >= 0.3 is 5.97 Å². The molecule has 5 fully saturated rings. The second-order valence-corrected chi connectivity index (χ2v) is 9.16. The number of ether oxygens (including phenoxy) is 4. The summed E-state index contributed by atoms with van der Waals surface area (Å²) < 4.78 is 29.8. The summed E-state index contributed by atoms with van der Waals surface area (Å²) in [6.45, 7) is 2.33. The highest BCUT2D eigenvalue weighted by atomic mass is 16.8. The lowest BCUT2D eigenvalue weighted by molar-refractivity contribution is -0.355. The molecule has 146 valence electrons. The Morgan fingerprint density at radius 1 is 1.15 bits per heavy atom. The van der Waals surface area contributed by atoms with E-state index < -0.39 is 0 Å². The molecule has 0 N–H and O–H groups in total. The Morgan fingerprint density at radius 3 is 2.78 bits per heavy atom. The van der Waals surface area contributed by atoms with Gasteiger partial charge in [0, 0.05) is 16.4 Å². The Hall–Kier alpha value is -1.37. The fourth-order valence-corrected chi connectivity index (χ4v) is 7.43. The number of hydrogen-bond acceptors (Lipinski definition) is 6. The Bertz CT molecular complexity index is 761. The van der Waals surface area contributed by atoms with Gasteiger partial charge in [-0.3, -0.25) is 4.79 Å². The number of hydrogen-bond donors (Lipinski definition) is 0. The van der Waals surface area contributed by atoms with E-state index in [2.05, 4.69) is 6.92 Å². The molecule has 2 saturated carbocycles. The third-order valence-corrected chi connectivity index (χ3v) is 8.54. The lowest BCUT2D eigenvalue weighted by atomic mass is 9.42. The van der Waals surface area contributed by atoms with Crippen LogP contribution >= 0.6 is 0 Å². The largest absolute Gasteiger partial charge is 0.472 e. The maximum absolute atomic E-state index is 12.8. The topological polar surface area (TPSA) is 67.1 Å². The van der Waals surface area contributed by atoms with Gasteiger partial charge < -0.3 is 23.4 Å². The second kappa shape index (κ2) is 5.37. The van der Waals surface area contributed by atoms with Crippen LogP contribution in [-0.2, 0) is 23.7 Å². The minimum atomic E-state index is -0.368. The highest BCUT2D eigenvalue weighted by Gasteiger charge is 2.78. The van der Waals surface area contributed by atoms with Crippen molar-refractivity contribution >= 4 is 5.97 Å². The standard InChI is InChI=1S/C21H26O6/c1-11-5-7-20-15-4-3-13(16(20)17(22)23-2)25-18(20)27-19-21(11,15)9-14(26-19)12-6-8-24-10-12/h6,8,10-11,13-16,18-19H,3-5,7,9H2,1-2H3/t11-,13+,14+,15-,16+,18+,19+,20-,21-/m0/s1. The molecule has 6 rings (SSSR count). The van der Waals surface area contributed by atoms with Crippen molar-refractivity contribution in [1.29, 1.82) is 0 Å². The van der Waals surface area contributed by atoms with Gasteiger partial charge in [-0.15, -0.1) is 0 Å². The molecular formula is C21H26O6. The van der Waals surface area contributed by atoms with Gasteiger partial charge in [-0.2, -0.15) is 0 Å². The average Bonchev–Trinajstić information content (AvgIpc) is 3.36. The van der Waals surface area contributed by atoms with Gasteiger partial charge in [-0.1, -0.05) is 6.92 Å². The van der Waals surface area contributed by atoms with Crippen molar-refractivity contribution in [2.75, 3.05) is 7.11 Å². The third kappa shape index (κ3) is 1.80. The van der Waals surface area contributed by atoms with Crippen molar-refractivity contribution in [3.63, 3.8) is 0 Å². The molecule has 6 nitrogen and oxygen atoms in total. The molecule has 0 unspecified atom stereocenters. The Labute approximate surface area is 158 Å². The molecule has 1 aromatic heterocycles. The summed E-state index contributed by atoms with van der Waals surface area (Å²) in [5.41, 5.74) is 0.716. The van der Waals surface area contributed by atoms with Crippen LogP contribution in [-0.4, -0.2) is 31.8 Å². The van der Waals surface area contributed by atoms with E-state index in [0.717, 1.165) is 37.7 Å². The summed E-state index contributed by atoms with van der Waals surface area (Å²) in [5, 5.41) is 0. The molecule has 0 aromatic carbocycles. The third-order valence-electron chi connectivity index (χ3n) is 8.54. The van der Waals surface area contributed by atoms with Crippen molar-refractivity contribution in [2.45, 2.75) is 63.8 Å². The number of fused-ring (bicyclic) bond motifs is 1. The van der Waals surface area contributed by atoms with Crippen molar-refractivity contribution < 1.29 is 28.2 Å². The van der Waals surface area contributed by atoms with Gasteiger partial charge in [0.05, 0.1) is 37.8 Å². The fraction of sp³-hybridized carbons (Fsp3) is 0.762. The van der Waals surface area contributed by atoms with Gasteiger partial charge in [-0.05, 0) is 50.0 Å².